The lowest BCUT2D eigenvalue weighted by Crippen LogP contribution is -2.15. The third-order valence-electron chi connectivity index (χ3n) is 2.63. The van der Waals surface area contributed by atoms with Crippen LogP contribution in [0.2, 0.25) is 0 Å². The highest BCUT2D eigenvalue weighted by Crippen LogP contribution is 2.25. The molecule has 7 heteroatoms. The summed E-state index contributed by atoms with van der Waals surface area (Å²) >= 11 is 9.80. The second-order valence-corrected chi connectivity index (χ2v) is 6.76. The van der Waals surface area contributed by atoms with Crippen LogP contribution in [0.5, 0.6) is 0 Å². The topological polar surface area (TPSA) is 66.4 Å². The third-order valence-corrected chi connectivity index (χ3v) is 4.31. The molecule has 0 heterocycles. The van der Waals surface area contributed by atoms with Crippen LogP contribution in [0, 0.1) is 0 Å². The van der Waals surface area contributed by atoms with Gasteiger partial charge in [0.25, 0.3) is 5.91 Å². The molecule has 0 saturated carbocycles. The van der Waals surface area contributed by atoms with Gasteiger partial charge in [-0.05, 0) is 52.3 Å². The van der Waals surface area contributed by atoms with E-state index in [1.165, 1.54) is 12.1 Å². The highest BCUT2D eigenvalue weighted by molar-refractivity contribution is 9.11. The molecule has 2 N–H and O–H groups in total. The van der Waals surface area contributed by atoms with E-state index in [9.17, 15) is 14.7 Å². The molecular formula is C14H8Br3NO3. The molecule has 0 bridgehead atoms. The van der Waals surface area contributed by atoms with Gasteiger partial charge in [0.15, 0.2) is 0 Å². The van der Waals surface area contributed by atoms with E-state index in [4.69, 9.17) is 0 Å². The molecule has 0 aliphatic heterocycles. The summed E-state index contributed by atoms with van der Waals surface area (Å²) in [6.07, 6.45) is 0. The fourth-order valence-corrected chi connectivity index (χ4v) is 2.81. The average Bonchev–Trinajstić information content (AvgIpc) is 2.43. The van der Waals surface area contributed by atoms with Gasteiger partial charge in [0, 0.05) is 13.4 Å². The van der Waals surface area contributed by atoms with Gasteiger partial charge in [-0.2, -0.15) is 0 Å². The van der Waals surface area contributed by atoms with E-state index in [0.29, 0.717) is 14.5 Å². The van der Waals surface area contributed by atoms with Crippen molar-refractivity contribution in [2.75, 3.05) is 5.32 Å². The first-order valence-electron chi connectivity index (χ1n) is 5.67. The zero-order chi connectivity index (χ0) is 15.6. The molecule has 108 valence electrons. The largest absolute Gasteiger partial charge is 0.478 e. The zero-order valence-corrected chi connectivity index (χ0v) is 15.1. The van der Waals surface area contributed by atoms with Crippen LogP contribution in [-0.4, -0.2) is 17.0 Å². The van der Waals surface area contributed by atoms with Crippen LogP contribution in [0.3, 0.4) is 0 Å². The van der Waals surface area contributed by atoms with Gasteiger partial charge in [0.1, 0.15) is 0 Å². The van der Waals surface area contributed by atoms with Crippen LogP contribution < -0.4 is 5.32 Å². The van der Waals surface area contributed by atoms with E-state index < -0.39 is 11.9 Å². The standard InChI is InChI=1S/C14H8Br3NO3/c15-7-1-3-11(17)9(5-7)13(19)18-12-4-2-8(16)6-10(12)14(20)21/h1-6H,(H,18,19)(H,20,21). The smallest absolute Gasteiger partial charge is 0.337 e. The Morgan fingerprint density at radius 1 is 0.905 bits per heavy atom. The van der Waals surface area contributed by atoms with Crippen molar-refractivity contribution in [2.24, 2.45) is 0 Å². The molecule has 0 aliphatic rings. The summed E-state index contributed by atoms with van der Waals surface area (Å²) in [5.41, 5.74) is 0.662. The molecule has 4 nitrogen and oxygen atoms in total. The highest BCUT2D eigenvalue weighted by atomic mass is 79.9. The van der Waals surface area contributed by atoms with Crippen molar-refractivity contribution < 1.29 is 14.7 Å². The predicted molar refractivity (Wildman–Crippen MR) is 90.9 cm³/mol. The van der Waals surface area contributed by atoms with E-state index in [-0.39, 0.29) is 11.3 Å². The summed E-state index contributed by atoms with van der Waals surface area (Å²) in [5.74, 6) is -1.51. The van der Waals surface area contributed by atoms with Gasteiger partial charge in [-0.1, -0.05) is 31.9 Å². The van der Waals surface area contributed by atoms with Gasteiger partial charge < -0.3 is 10.4 Å². The monoisotopic (exact) mass is 475 g/mol. The molecule has 2 aromatic rings. The normalized spacial score (nSPS) is 10.2. The third kappa shape index (κ3) is 3.93. The van der Waals surface area contributed by atoms with Crippen molar-refractivity contribution in [3.63, 3.8) is 0 Å². The van der Waals surface area contributed by atoms with Crippen molar-refractivity contribution in [2.45, 2.75) is 0 Å². The lowest BCUT2D eigenvalue weighted by Gasteiger charge is -2.10. The summed E-state index contributed by atoms with van der Waals surface area (Å²) in [6, 6.07) is 9.82. The number of nitrogens with one attached hydrogen (secondary N) is 1. The zero-order valence-electron chi connectivity index (χ0n) is 10.4. The van der Waals surface area contributed by atoms with Gasteiger partial charge in [0.2, 0.25) is 0 Å². The number of benzene rings is 2. The number of carbonyl (C=O) groups is 2. The maximum Gasteiger partial charge on any atom is 0.337 e. The number of hydrogen-bond donors (Lipinski definition) is 2. The van der Waals surface area contributed by atoms with Crippen molar-refractivity contribution in [3.8, 4) is 0 Å². The van der Waals surface area contributed by atoms with Crippen LogP contribution >= 0.6 is 47.8 Å². The Morgan fingerprint density at radius 3 is 2.10 bits per heavy atom. The van der Waals surface area contributed by atoms with E-state index in [1.807, 2.05) is 0 Å². The molecule has 0 spiro atoms. The second-order valence-electron chi connectivity index (χ2n) is 4.07. The molecule has 0 saturated heterocycles. The minimum atomic E-state index is -1.11. The molecule has 0 aliphatic carbocycles. The van der Waals surface area contributed by atoms with Crippen LogP contribution in [0.25, 0.3) is 0 Å². The molecule has 0 fully saturated rings. The van der Waals surface area contributed by atoms with Gasteiger partial charge >= 0.3 is 5.97 Å². The van der Waals surface area contributed by atoms with Crippen molar-refractivity contribution in [1.29, 1.82) is 0 Å². The Kier molecular flexibility index (Phi) is 5.18. The lowest BCUT2D eigenvalue weighted by atomic mass is 10.1. The summed E-state index contributed by atoms with van der Waals surface area (Å²) in [4.78, 5) is 23.5. The van der Waals surface area contributed by atoms with E-state index in [1.54, 1.807) is 24.3 Å². The van der Waals surface area contributed by atoms with Gasteiger partial charge in [-0.15, -0.1) is 0 Å². The van der Waals surface area contributed by atoms with Gasteiger partial charge in [-0.3, -0.25) is 4.79 Å². The summed E-state index contributed by atoms with van der Waals surface area (Å²) in [5, 5.41) is 11.8. The van der Waals surface area contributed by atoms with Crippen molar-refractivity contribution in [1.82, 2.24) is 0 Å². The Labute approximate surface area is 145 Å². The maximum atomic E-state index is 12.3. The molecular weight excluding hydrogens is 470 g/mol. The van der Waals surface area contributed by atoms with Crippen LogP contribution in [0.4, 0.5) is 5.69 Å². The summed E-state index contributed by atoms with van der Waals surface area (Å²) < 4.78 is 2.00. The molecule has 0 aromatic heterocycles. The summed E-state index contributed by atoms with van der Waals surface area (Å²) in [6.45, 7) is 0. The molecule has 1 amide bonds. The Hall–Kier alpha value is -1.18. The van der Waals surface area contributed by atoms with Crippen LogP contribution in [0.1, 0.15) is 20.7 Å². The maximum absolute atomic E-state index is 12.3. The van der Waals surface area contributed by atoms with E-state index >= 15 is 0 Å². The Balaban J connectivity index is 2.36. The fourth-order valence-electron chi connectivity index (χ4n) is 1.66. The number of carboxylic acid groups (broad SMARTS) is 1. The number of hydrogen-bond acceptors (Lipinski definition) is 2. The first-order valence-corrected chi connectivity index (χ1v) is 8.05. The number of carbonyl (C=O) groups excluding carboxylic acids is 1. The average molecular weight is 478 g/mol. The number of amides is 1. The highest BCUT2D eigenvalue weighted by Gasteiger charge is 2.16. The van der Waals surface area contributed by atoms with Crippen molar-refractivity contribution in [3.05, 3.63) is 60.9 Å². The number of rotatable bonds is 3. The molecule has 0 radical (unpaired) electrons. The Bertz CT molecular complexity index is 731. The van der Waals surface area contributed by atoms with E-state index in [0.717, 1.165) is 4.47 Å². The number of carboxylic acids is 1. The minimum absolute atomic E-state index is 0.0174. The SMILES string of the molecule is O=C(Nc1ccc(Br)cc1C(=O)O)c1cc(Br)ccc1Br. The number of halogens is 3. The summed E-state index contributed by atoms with van der Waals surface area (Å²) in [7, 11) is 0. The van der Waals surface area contributed by atoms with Crippen molar-refractivity contribution >= 4 is 65.4 Å². The Morgan fingerprint density at radius 2 is 1.48 bits per heavy atom. The first-order chi connectivity index (χ1) is 9.88. The quantitative estimate of drug-likeness (QED) is 0.659. The van der Waals surface area contributed by atoms with Crippen LogP contribution in [0.15, 0.2) is 49.8 Å². The van der Waals surface area contributed by atoms with Gasteiger partial charge in [-0.25, -0.2) is 4.79 Å². The minimum Gasteiger partial charge on any atom is -0.478 e. The lowest BCUT2D eigenvalue weighted by molar-refractivity contribution is 0.0698. The van der Waals surface area contributed by atoms with E-state index in [2.05, 4.69) is 53.1 Å². The fraction of sp³-hybridized carbons (Fsp3) is 0. The molecule has 0 unspecified atom stereocenters. The molecule has 0 atom stereocenters. The predicted octanol–water partition coefficient (Wildman–Crippen LogP) is 4.92. The first kappa shape index (κ1) is 16.2. The number of aromatic carboxylic acids is 1. The molecule has 21 heavy (non-hydrogen) atoms. The molecule has 2 rings (SSSR count). The molecule has 2 aromatic carbocycles. The van der Waals surface area contributed by atoms with Gasteiger partial charge in [0.05, 0.1) is 16.8 Å². The second kappa shape index (κ2) is 6.72. The number of anilines is 1. The van der Waals surface area contributed by atoms with Crippen LogP contribution in [-0.2, 0) is 0 Å².